The lowest BCUT2D eigenvalue weighted by atomic mass is 10.0. The number of benzene rings is 1. The van der Waals surface area contributed by atoms with Crippen LogP contribution < -0.4 is 10.6 Å². The molecule has 21 heavy (non-hydrogen) atoms. The third kappa shape index (κ3) is 3.43. The second-order valence-electron chi connectivity index (χ2n) is 5.77. The molecule has 0 spiro atoms. The first-order chi connectivity index (χ1) is 10.3. The van der Waals surface area contributed by atoms with Crippen molar-refractivity contribution >= 4 is 5.91 Å². The van der Waals surface area contributed by atoms with Gasteiger partial charge in [-0.05, 0) is 12.1 Å². The summed E-state index contributed by atoms with van der Waals surface area (Å²) in [6.07, 6.45) is 0.463. The van der Waals surface area contributed by atoms with Crippen LogP contribution in [0.4, 0.5) is 0 Å². The van der Waals surface area contributed by atoms with Crippen LogP contribution in [0.5, 0.6) is 0 Å². The highest BCUT2D eigenvalue weighted by atomic mass is 16.2. The minimum absolute atomic E-state index is 0.0459. The Bertz CT molecular complexity index is 470. The topological polar surface area (TPSA) is 47.6 Å². The van der Waals surface area contributed by atoms with Crippen molar-refractivity contribution < 1.29 is 4.79 Å². The van der Waals surface area contributed by atoms with E-state index < -0.39 is 0 Å². The molecule has 2 aliphatic rings. The predicted octanol–water partition coefficient (Wildman–Crippen LogP) is 0.758. The molecule has 5 nitrogen and oxygen atoms in total. The second-order valence-corrected chi connectivity index (χ2v) is 5.77. The van der Waals surface area contributed by atoms with Crippen molar-refractivity contribution in [1.82, 2.24) is 20.4 Å². The van der Waals surface area contributed by atoms with Crippen LogP contribution in [0.2, 0.25) is 0 Å². The Hall–Kier alpha value is -1.43. The molecule has 0 aliphatic carbocycles. The SMILES string of the molecule is CCN1CCN(C2NC(=O)CC(c3ccccc3)N2)CC1. The summed E-state index contributed by atoms with van der Waals surface area (Å²) in [5, 5.41) is 6.65. The summed E-state index contributed by atoms with van der Waals surface area (Å²) in [7, 11) is 0. The van der Waals surface area contributed by atoms with Gasteiger partial charge in [-0.3, -0.25) is 15.0 Å². The summed E-state index contributed by atoms with van der Waals surface area (Å²) >= 11 is 0. The van der Waals surface area contributed by atoms with E-state index in [-0.39, 0.29) is 18.2 Å². The van der Waals surface area contributed by atoms with E-state index in [4.69, 9.17) is 0 Å². The smallest absolute Gasteiger partial charge is 0.224 e. The fourth-order valence-corrected chi connectivity index (χ4v) is 3.12. The third-order valence-electron chi connectivity index (χ3n) is 4.47. The summed E-state index contributed by atoms with van der Waals surface area (Å²) in [5.41, 5.74) is 1.18. The van der Waals surface area contributed by atoms with Crippen LogP contribution >= 0.6 is 0 Å². The van der Waals surface area contributed by atoms with Crippen LogP contribution in [0, 0.1) is 0 Å². The number of hydrogen-bond acceptors (Lipinski definition) is 4. The van der Waals surface area contributed by atoms with Gasteiger partial charge in [0, 0.05) is 38.6 Å². The molecule has 2 saturated heterocycles. The third-order valence-corrected chi connectivity index (χ3v) is 4.47. The highest BCUT2D eigenvalue weighted by Gasteiger charge is 2.31. The van der Waals surface area contributed by atoms with Crippen molar-refractivity contribution in [1.29, 1.82) is 0 Å². The van der Waals surface area contributed by atoms with E-state index in [1.165, 1.54) is 5.56 Å². The number of nitrogens with zero attached hydrogens (tertiary/aromatic N) is 2. The van der Waals surface area contributed by atoms with Gasteiger partial charge in [-0.15, -0.1) is 0 Å². The molecule has 0 aromatic heterocycles. The Morgan fingerprint density at radius 1 is 1.14 bits per heavy atom. The highest BCUT2D eigenvalue weighted by Crippen LogP contribution is 2.21. The lowest BCUT2D eigenvalue weighted by Crippen LogP contribution is -2.64. The Labute approximate surface area is 126 Å². The van der Waals surface area contributed by atoms with E-state index in [0.29, 0.717) is 6.42 Å². The predicted molar refractivity (Wildman–Crippen MR) is 82.6 cm³/mol. The van der Waals surface area contributed by atoms with Crippen molar-refractivity contribution in [2.45, 2.75) is 25.7 Å². The molecule has 2 atom stereocenters. The maximum Gasteiger partial charge on any atom is 0.224 e. The Morgan fingerprint density at radius 2 is 1.86 bits per heavy atom. The van der Waals surface area contributed by atoms with Crippen LogP contribution in [0.15, 0.2) is 30.3 Å². The standard InChI is InChI=1S/C16H24N4O/c1-2-19-8-10-20(11-9-19)16-17-14(12-15(21)18-16)13-6-4-3-5-7-13/h3-7,14,16-17H,2,8-12H2,1H3,(H,18,21). The molecule has 0 radical (unpaired) electrons. The van der Waals surface area contributed by atoms with E-state index in [2.05, 4.69) is 39.5 Å². The second kappa shape index (κ2) is 6.56. The fraction of sp³-hybridized carbons (Fsp3) is 0.562. The number of hydrogen-bond donors (Lipinski definition) is 2. The van der Waals surface area contributed by atoms with Crippen LogP contribution in [0.25, 0.3) is 0 Å². The average Bonchev–Trinajstić information content (AvgIpc) is 2.55. The number of likely N-dealkylation sites (N-methyl/N-ethyl adjacent to an activating group) is 1. The molecule has 0 bridgehead atoms. The molecule has 2 aliphatic heterocycles. The molecule has 1 aromatic rings. The van der Waals surface area contributed by atoms with Crippen molar-refractivity contribution in [3.63, 3.8) is 0 Å². The summed E-state index contributed by atoms with van der Waals surface area (Å²) in [6, 6.07) is 10.3. The number of nitrogens with one attached hydrogen (secondary N) is 2. The molecular formula is C16H24N4O. The van der Waals surface area contributed by atoms with E-state index in [9.17, 15) is 4.79 Å². The summed E-state index contributed by atoms with van der Waals surface area (Å²) < 4.78 is 0. The van der Waals surface area contributed by atoms with Gasteiger partial charge < -0.3 is 10.2 Å². The van der Waals surface area contributed by atoms with Crippen molar-refractivity contribution in [3.8, 4) is 0 Å². The number of carbonyl (C=O) groups excluding carboxylic acids is 1. The Morgan fingerprint density at radius 3 is 2.52 bits per heavy atom. The first kappa shape index (κ1) is 14.5. The zero-order valence-corrected chi connectivity index (χ0v) is 12.6. The molecule has 2 N–H and O–H groups in total. The van der Waals surface area contributed by atoms with Gasteiger partial charge in [0.05, 0.1) is 0 Å². The molecule has 2 heterocycles. The molecule has 1 aromatic carbocycles. The largest absolute Gasteiger partial charge is 0.328 e. The summed E-state index contributed by atoms with van der Waals surface area (Å²) in [4.78, 5) is 16.8. The van der Waals surface area contributed by atoms with Crippen LogP contribution in [0.1, 0.15) is 24.9 Å². The van der Waals surface area contributed by atoms with Crippen molar-refractivity contribution in [2.75, 3.05) is 32.7 Å². The number of piperazine rings is 1. The normalized spacial score (nSPS) is 28.3. The molecule has 0 saturated carbocycles. The van der Waals surface area contributed by atoms with Gasteiger partial charge in [-0.2, -0.15) is 0 Å². The quantitative estimate of drug-likeness (QED) is 0.862. The van der Waals surface area contributed by atoms with E-state index in [0.717, 1.165) is 32.7 Å². The Balaban J connectivity index is 1.65. The van der Waals surface area contributed by atoms with Crippen LogP contribution in [-0.4, -0.2) is 54.7 Å². The van der Waals surface area contributed by atoms with E-state index >= 15 is 0 Å². The molecule has 5 heteroatoms. The average molecular weight is 288 g/mol. The zero-order valence-electron chi connectivity index (χ0n) is 12.6. The van der Waals surface area contributed by atoms with Gasteiger partial charge in [0.25, 0.3) is 0 Å². The van der Waals surface area contributed by atoms with Gasteiger partial charge in [-0.1, -0.05) is 37.3 Å². The molecule has 1 amide bonds. The van der Waals surface area contributed by atoms with Gasteiger partial charge in [0.2, 0.25) is 5.91 Å². The summed E-state index contributed by atoms with van der Waals surface area (Å²) in [5.74, 6) is 0.130. The maximum atomic E-state index is 12.0. The summed E-state index contributed by atoms with van der Waals surface area (Å²) in [6.45, 7) is 7.42. The van der Waals surface area contributed by atoms with Crippen molar-refractivity contribution in [3.05, 3.63) is 35.9 Å². The van der Waals surface area contributed by atoms with Crippen molar-refractivity contribution in [2.24, 2.45) is 0 Å². The monoisotopic (exact) mass is 288 g/mol. The molecular weight excluding hydrogens is 264 g/mol. The van der Waals surface area contributed by atoms with Gasteiger partial charge in [-0.25, -0.2) is 0 Å². The van der Waals surface area contributed by atoms with Crippen LogP contribution in [0.3, 0.4) is 0 Å². The van der Waals surface area contributed by atoms with Gasteiger partial charge in [0.1, 0.15) is 6.29 Å². The Kier molecular flexibility index (Phi) is 4.53. The molecule has 114 valence electrons. The molecule has 2 fully saturated rings. The molecule has 3 rings (SSSR count). The van der Waals surface area contributed by atoms with E-state index in [1.807, 2.05) is 18.2 Å². The fourth-order valence-electron chi connectivity index (χ4n) is 3.12. The number of amides is 1. The van der Waals surface area contributed by atoms with E-state index in [1.54, 1.807) is 0 Å². The first-order valence-electron chi connectivity index (χ1n) is 7.83. The number of rotatable bonds is 3. The number of carbonyl (C=O) groups is 1. The maximum absolute atomic E-state index is 12.0. The van der Waals surface area contributed by atoms with Gasteiger partial charge in [0.15, 0.2) is 0 Å². The van der Waals surface area contributed by atoms with Crippen LogP contribution in [-0.2, 0) is 4.79 Å². The molecule has 2 unspecified atom stereocenters. The van der Waals surface area contributed by atoms with Gasteiger partial charge >= 0.3 is 0 Å². The lowest BCUT2D eigenvalue weighted by molar-refractivity contribution is -0.127. The minimum Gasteiger partial charge on any atom is -0.328 e. The highest BCUT2D eigenvalue weighted by molar-refractivity contribution is 5.78. The lowest BCUT2D eigenvalue weighted by Gasteiger charge is -2.42. The first-order valence-corrected chi connectivity index (χ1v) is 7.83. The minimum atomic E-state index is -0.0459. The zero-order chi connectivity index (χ0) is 14.7.